The van der Waals surface area contributed by atoms with E-state index >= 15 is 0 Å². The summed E-state index contributed by atoms with van der Waals surface area (Å²) in [6.07, 6.45) is 4.36. The van der Waals surface area contributed by atoms with Crippen molar-refractivity contribution in [2.45, 2.75) is 25.9 Å². The predicted molar refractivity (Wildman–Crippen MR) is 46.6 cm³/mol. The van der Waals surface area contributed by atoms with Gasteiger partial charge in [0, 0.05) is 18.8 Å². The molecule has 0 radical (unpaired) electrons. The standard InChI is InChI=1S/C8H15N3O/c1-7-4-10-11(5-7)6-8(9)2-3-12/h4-5,8,12H,2-3,6,9H2,1H3. The van der Waals surface area contributed by atoms with E-state index in [1.54, 1.807) is 10.9 Å². The molecular weight excluding hydrogens is 154 g/mol. The highest BCUT2D eigenvalue weighted by molar-refractivity contribution is 4.99. The Hall–Kier alpha value is -0.870. The molecule has 0 spiro atoms. The molecule has 0 saturated heterocycles. The molecule has 0 bridgehead atoms. The fourth-order valence-electron chi connectivity index (χ4n) is 1.06. The molecule has 1 heterocycles. The molecule has 0 aliphatic carbocycles. The molecule has 1 atom stereocenters. The number of hydrogen-bond acceptors (Lipinski definition) is 3. The highest BCUT2D eigenvalue weighted by Gasteiger charge is 2.02. The van der Waals surface area contributed by atoms with Gasteiger partial charge in [0.25, 0.3) is 0 Å². The van der Waals surface area contributed by atoms with Gasteiger partial charge in [-0.05, 0) is 18.9 Å². The third-order valence-electron chi connectivity index (χ3n) is 1.68. The average molecular weight is 169 g/mol. The Morgan fingerprint density at radius 3 is 3.00 bits per heavy atom. The van der Waals surface area contributed by atoms with Crippen LogP contribution in [0.15, 0.2) is 12.4 Å². The summed E-state index contributed by atoms with van der Waals surface area (Å²) in [4.78, 5) is 0. The summed E-state index contributed by atoms with van der Waals surface area (Å²) in [6, 6.07) is -0.00528. The summed E-state index contributed by atoms with van der Waals surface area (Å²) >= 11 is 0. The van der Waals surface area contributed by atoms with Crippen molar-refractivity contribution >= 4 is 0 Å². The molecule has 0 amide bonds. The van der Waals surface area contributed by atoms with E-state index in [4.69, 9.17) is 10.8 Å². The predicted octanol–water partition coefficient (Wildman–Crippen LogP) is -0.0988. The lowest BCUT2D eigenvalue weighted by Crippen LogP contribution is -2.27. The minimum atomic E-state index is -0.00528. The van der Waals surface area contributed by atoms with Gasteiger partial charge in [0.2, 0.25) is 0 Å². The molecule has 3 N–H and O–H groups in total. The van der Waals surface area contributed by atoms with Crippen LogP contribution in [0, 0.1) is 6.92 Å². The second kappa shape index (κ2) is 4.23. The zero-order valence-corrected chi connectivity index (χ0v) is 7.27. The normalized spacial score (nSPS) is 13.2. The fourth-order valence-corrected chi connectivity index (χ4v) is 1.06. The largest absolute Gasteiger partial charge is 0.396 e. The molecule has 0 aromatic carbocycles. The van der Waals surface area contributed by atoms with Crippen LogP contribution in [0.1, 0.15) is 12.0 Å². The average Bonchev–Trinajstić information content (AvgIpc) is 2.36. The van der Waals surface area contributed by atoms with Crippen molar-refractivity contribution in [2.75, 3.05) is 6.61 Å². The Bertz CT molecular complexity index is 234. The van der Waals surface area contributed by atoms with Crippen molar-refractivity contribution in [3.8, 4) is 0 Å². The van der Waals surface area contributed by atoms with E-state index in [0.29, 0.717) is 13.0 Å². The van der Waals surface area contributed by atoms with Crippen LogP contribution in [-0.4, -0.2) is 27.5 Å². The first kappa shape index (κ1) is 9.22. The molecular formula is C8H15N3O. The molecule has 4 nitrogen and oxygen atoms in total. The van der Waals surface area contributed by atoms with E-state index in [2.05, 4.69) is 5.10 Å². The van der Waals surface area contributed by atoms with Gasteiger partial charge in [-0.3, -0.25) is 4.68 Å². The molecule has 1 aromatic rings. The van der Waals surface area contributed by atoms with Crippen LogP contribution in [0.4, 0.5) is 0 Å². The van der Waals surface area contributed by atoms with E-state index in [1.807, 2.05) is 13.1 Å². The third-order valence-corrected chi connectivity index (χ3v) is 1.68. The topological polar surface area (TPSA) is 64.1 Å². The summed E-state index contributed by atoms with van der Waals surface area (Å²) in [5, 5.41) is 12.7. The van der Waals surface area contributed by atoms with Crippen LogP contribution in [0.5, 0.6) is 0 Å². The van der Waals surface area contributed by atoms with Crippen LogP contribution in [-0.2, 0) is 6.54 Å². The zero-order valence-electron chi connectivity index (χ0n) is 7.27. The maximum Gasteiger partial charge on any atom is 0.0561 e. The molecule has 68 valence electrons. The van der Waals surface area contributed by atoms with E-state index in [1.165, 1.54) is 0 Å². The van der Waals surface area contributed by atoms with Crippen LogP contribution in [0.2, 0.25) is 0 Å². The quantitative estimate of drug-likeness (QED) is 0.661. The summed E-state index contributed by atoms with van der Waals surface area (Å²) in [7, 11) is 0. The second-order valence-corrected chi connectivity index (χ2v) is 3.01. The van der Waals surface area contributed by atoms with Crippen molar-refractivity contribution in [3.05, 3.63) is 18.0 Å². The first-order valence-electron chi connectivity index (χ1n) is 4.08. The van der Waals surface area contributed by atoms with Gasteiger partial charge in [-0.25, -0.2) is 0 Å². The van der Waals surface area contributed by atoms with Crippen LogP contribution in [0.3, 0.4) is 0 Å². The van der Waals surface area contributed by atoms with Gasteiger partial charge in [0.15, 0.2) is 0 Å². The lowest BCUT2D eigenvalue weighted by molar-refractivity contribution is 0.268. The van der Waals surface area contributed by atoms with Crippen molar-refractivity contribution in [2.24, 2.45) is 5.73 Å². The molecule has 0 aliphatic heterocycles. The number of aryl methyl sites for hydroxylation is 1. The Morgan fingerprint density at radius 1 is 1.75 bits per heavy atom. The fraction of sp³-hybridized carbons (Fsp3) is 0.625. The molecule has 1 rings (SSSR count). The number of aromatic nitrogens is 2. The molecule has 0 saturated carbocycles. The monoisotopic (exact) mass is 169 g/mol. The maximum atomic E-state index is 8.61. The summed E-state index contributed by atoms with van der Waals surface area (Å²) in [5.74, 6) is 0. The van der Waals surface area contributed by atoms with Crippen molar-refractivity contribution in [1.29, 1.82) is 0 Å². The number of aliphatic hydroxyl groups excluding tert-OH is 1. The zero-order chi connectivity index (χ0) is 8.97. The molecule has 1 unspecified atom stereocenters. The lowest BCUT2D eigenvalue weighted by Gasteiger charge is -2.08. The van der Waals surface area contributed by atoms with Crippen LogP contribution in [0.25, 0.3) is 0 Å². The van der Waals surface area contributed by atoms with Gasteiger partial charge in [-0.1, -0.05) is 0 Å². The van der Waals surface area contributed by atoms with E-state index in [0.717, 1.165) is 5.56 Å². The van der Waals surface area contributed by atoms with Crippen molar-refractivity contribution in [1.82, 2.24) is 9.78 Å². The number of nitrogens with two attached hydrogens (primary N) is 1. The first-order valence-corrected chi connectivity index (χ1v) is 4.08. The van der Waals surface area contributed by atoms with Crippen molar-refractivity contribution < 1.29 is 5.11 Å². The van der Waals surface area contributed by atoms with Crippen molar-refractivity contribution in [3.63, 3.8) is 0 Å². The highest BCUT2D eigenvalue weighted by atomic mass is 16.3. The van der Waals surface area contributed by atoms with Gasteiger partial charge >= 0.3 is 0 Å². The minimum Gasteiger partial charge on any atom is -0.396 e. The van der Waals surface area contributed by atoms with E-state index in [-0.39, 0.29) is 12.6 Å². The van der Waals surface area contributed by atoms with Gasteiger partial charge in [0.05, 0.1) is 12.7 Å². The molecule has 0 fully saturated rings. The van der Waals surface area contributed by atoms with Gasteiger partial charge in [-0.2, -0.15) is 5.10 Å². The number of rotatable bonds is 4. The molecule has 4 heteroatoms. The van der Waals surface area contributed by atoms with E-state index in [9.17, 15) is 0 Å². The van der Waals surface area contributed by atoms with Gasteiger partial charge < -0.3 is 10.8 Å². The molecule has 12 heavy (non-hydrogen) atoms. The Kier molecular flexibility index (Phi) is 3.25. The summed E-state index contributed by atoms with van der Waals surface area (Å²) < 4.78 is 1.80. The SMILES string of the molecule is Cc1cnn(CC(N)CCO)c1. The number of nitrogens with zero attached hydrogens (tertiary/aromatic N) is 2. The highest BCUT2D eigenvalue weighted by Crippen LogP contribution is 1.97. The third kappa shape index (κ3) is 2.64. The second-order valence-electron chi connectivity index (χ2n) is 3.01. The Morgan fingerprint density at radius 2 is 2.50 bits per heavy atom. The smallest absolute Gasteiger partial charge is 0.0561 e. The minimum absolute atomic E-state index is 0.00528. The lowest BCUT2D eigenvalue weighted by atomic mass is 10.2. The number of aliphatic hydroxyl groups is 1. The summed E-state index contributed by atoms with van der Waals surface area (Å²) in [6.45, 7) is 2.80. The van der Waals surface area contributed by atoms with Crippen LogP contribution >= 0.6 is 0 Å². The molecule has 0 aliphatic rings. The van der Waals surface area contributed by atoms with Gasteiger partial charge in [0.1, 0.15) is 0 Å². The first-order chi connectivity index (χ1) is 5.72. The summed E-state index contributed by atoms with van der Waals surface area (Å²) in [5.41, 5.74) is 6.84. The van der Waals surface area contributed by atoms with Gasteiger partial charge in [-0.15, -0.1) is 0 Å². The Labute approximate surface area is 72.0 Å². The van der Waals surface area contributed by atoms with Crippen LogP contribution < -0.4 is 5.73 Å². The van der Waals surface area contributed by atoms with E-state index < -0.39 is 0 Å². The Balaban J connectivity index is 2.41. The number of hydrogen-bond donors (Lipinski definition) is 2. The maximum absolute atomic E-state index is 8.61. The molecule has 1 aromatic heterocycles.